The fraction of sp³-hybridized carbons (Fsp3) is 0.211. The quantitative estimate of drug-likeness (QED) is 0.517. The molecule has 0 fully saturated rings. The number of aryl methyl sites for hydroxylation is 2. The van der Waals surface area contributed by atoms with Gasteiger partial charge in [-0.15, -0.1) is 0 Å². The average Bonchev–Trinajstić information content (AvgIpc) is 3.29. The van der Waals surface area contributed by atoms with E-state index in [1.807, 2.05) is 13.8 Å². The van der Waals surface area contributed by atoms with Crippen molar-refractivity contribution in [3.63, 3.8) is 0 Å². The number of esters is 1. The maximum absolute atomic E-state index is 12.1. The van der Waals surface area contributed by atoms with E-state index in [-0.39, 0.29) is 19.0 Å². The van der Waals surface area contributed by atoms with Gasteiger partial charge in [0.15, 0.2) is 6.61 Å². The first-order chi connectivity index (χ1) is 12.5. The highest BCUT2D eigenvalue weighted by molar-refractivity contribution is 5.98. The lowest BCUT2D eigenvalue weighted by molar-refractivity contribution is 0.0473. The van der Waals surface area contributed by atoms with Crippen LogP contribution in [0.25, 0.3) is 0 Å². The molecule has 0 amide bonds. The summed E-state index contributed by atoms with van der Waals surface area (Å²) in [5, 5.41) is 3.87. The van der Waals surface area contributed by atoms with E-state index in [4.69, 9.17) is 14.0 Å². The van der Waals surface area contributed by atoms with Crippen LogP contribution in [0, 0.1) is 13.8 Å². The molecule has 3 aromatic rings. The van der Waals surface area contributed by atoms with Crippen molar-refractivity contribution in [1.29, 1.82) is 0 Å². The number of rotatable bonds is 7. The zero-order chi connectivity index (χ0) is 18.5. The molecule has 0 saturated heterocycles. The van der Waals surface area contributed by atoms with Crippen LogP contribution in [0.3, 0.4) is 0 Å². The highest BCUT2D eigenvalue weighted by Gasteiger charge is 2.14. The third kappa shape index (κ3) is 4.00. The third-order valence-electron chi connectivity index (χ3n) is 3.87. The second-order valence-electron chi connectivity index (χ2n) is 5.70. The maximum Gasteiger partial charge on any atom is 0.338 e. The van der Waals surface area contributed by atoms with Gasteiger partial charge in [-0.25, -0.2) is 4.79 Å². The molecule has 0 aliphatic heterocycles. The minimum absolute atomic E-state index is 0.283. The number of hydrogen-bond donors (Lipinski definition) is 1. The van der Waals surface area contributed by atoms with E-state index < -0.39 is 5.97 Å². The molecule has 7 nitrogen and oxygen atoms in total. The lowest BCUT2D eigenvalue weighted by atomic mass is 10.2. The van der Waals surface area contributed by atoms with Crippen LogP contribution >= 0.6 is 0 Å². The number of nitrogens with zero attached hydrogens (tertiary/aromatic N) is 1. The first kappa shape index (κ1) is 17.5. The topological polar surface area (TPSA) is 94.4 Å². The van der Waals surface area contributed by atoms with Gasteiger partial charge in [-0.1, -0.05) is 11.2 Å². The number of benzene rings is 1. The van der Waals surface area contributed by atoms with E-state index >= 15 is 0 Å². The molecule has 1 N–H and O–H groups in total. The number of ketones is 1. The van der Waals surface area contributed by atoms with E-state index in [0.29, 0.717) is 22.8 Å². The fourth-order valence-corrected chi connectivity index (χ4v) is 2.37. The van der Waals surface area contributed by atoms with Crippen molar-refractivity contribution in [2.75, 3.05) is 6.61 Å². The van der Waals surface area contributed by atoms with E-state index in [2.05, 4.69) is 10.1 Å². The van der Waals surface area contributed by atoms with Gasteiger partial charge in [0.2, 0.25) is 5.78 Å². The second kappa shape index (κ2) is 7.69. The Balaban J connectivity index is 1.59. The summed E-state index contributed by atoms with van der Waals surface area (Å²) in [5.74, 6) is 0.317. The van der Waals surface area contributed by atoms with Gasteiger partial charge >= 0.3 is 5.97 Å². The van der Waals surface area contributed by atoms with Crippen molar-refractivity contribution in [2.45, 2.75) is 20.5 Å². The molecule has 0 aliphatic carbocycles. The van der Waals surface area contributed by atoms with Gasteiger partial charge in [0.25, 0.3) is 0 Å². The molecule has 0 unspecified atom stereocenters. The molecule has 2 heterocycles. The monoisotopic (exact) mass is 354 g/mol. The van der Waals surface area contributed by atoms with Crippen LogP contribution < -0.4 is 4.74 Å². The summed E-state index contributed by atoms with van der Waals surface area (Å²) in [6.45, 7) is 3.60. The predicted molar refractivity (Wildman–Crippen MR) is 92.2 cm³/mol. The van der Waals surface area contributed by atoms with Crippen LogP contribution in [0.2, 0.25) is 0 Å². The van der Waals surface area contributed by atoms with E-state index in [9.17, 15) is 9.59 Å². The van der Waals surface area contributed by atoms with Crippen LogP contribution in [0.4, 0.5) is 0 Å². The van der Waals surface area contributed by atoms with Gasteiger partial charge in [-0.2, -0.15) is 0 Å². The molecule has 0 radical (unpaired) electrons. The van der Waals surface area contributed by atoms with Crippen LogP contribution in [0.15, 0.2) is 47.1 Å². The molecule has 3 rings (SSSR count). The Morgan fingerprint density at radius 1 is 1.19 bits per heavy atom. The van der Waals surface area contributed by atoms with E-state index in [0.717, 1.165) is 11.3 Å². The summed E-state index contributed by atoms with van der Waals surface area (Å²) in [7, 11) is 0. The number of Topliss-reactive ketones (excluding diaryl/α,β-unsaturated/α-hetero) is 1. The largest absolute Gasteiger partial charge is 0.489 e. The van der Waals surface area contributed by atoms with Gasteiger partial charge in [-0.3, -0.25) is 4.79 Å². The highest BCUT2D eigenvalue weighted by atomic mass is 16.5. The Morgan fingerprint density at radius 3 is 2.73 bits per heavy atom. The average molecular weight is 354 g/mol. The van der Waals surface area contributed by atoms with Crippen molar-refractivity contribution in [3.05, 3.63) is 70.9 Å². The summed E-state index contributed by atoms with van der Waals surface area (Å²) >= 11 is 0. The molecule has 0 aliphatic rings. The number of carbonyl (C=O) groups is 2. The standard InChI is InChI=1S/C19H18N2O5/c1-12-16(13(2)26-21-12)10-24-15-6-3-5-14(9-15)19(23)25-11-18(22)17-7-4-8-20-17/h3-9,20H,10-11H2,1-2H3. The SMILES string of the molecule is Cc1noc(C)c1COc1cccc(C(=O)OCC(=O)c2ccc[nH]2)c1. The molecule has 0 spiro atoms. The highest BCUT2D eigenvalue weighted by Crippen LogP contribution is 2.19. The smallest absolute Gasteiger partial charge is 0.338 e. The Labute approximate surface area is 149 Å². The van der Waals surface area contributed by atoms with Crippen LogP contribution in [0.1, 0.15) is 37.9 Å². The summed E-state index contributed by atoms with van der Waals surface area (Å²) in [4.78, 5) is 26.8. The van der Waals surface area contributed by atoms with Crippen LogP contribution in [0.5, 0.6) is 5.75 Å². The lowest BCUT2D eigenvalue weighted by Gasteiger charge is -2.08. The lowest BCUT2D eigenvalue weighted by Crippen LogP contribution is -2.14. The summed E-state index contributed by atoms with van der Waals surface area (Å²) in [5.41, 5.74) is 2.34. The molecule has 26 heavy (non-hydrogen) atoms. The van der Waals surface area contributed by atoms with E-state index in [1.54, 1.807) is 42.6 Å². The number of hydrogen-bond acceptors (Lipinski definition) is 6. The number of H-pyrrole nitrogens is 1. The summed E-state index contributed by atoms with van der Waals surface area (Å²) < 4.78 is 15.9. The van der Waals surface area contributed by atoms with Gasteiger partial charge in [0.1, 0.15) is 18.1 Å². The van der Waals surface area contributed by atoms with Crippen molar-refractivity contribution < 1.29 is 23.6 Å². The third-order valence-corrected chi connectivity index (χ3v) is 3.87. The van der Waals surface area contributed by atoms with E-state index in [1.165, 1.54) is 0 Å². The normalized spacial score (nSPS) is 10.5. The molecule has 134 valence electrons. The Morgan fingerprint density at radius 2 is 2.04 bits per heavy atom. The molecular weight excluding hydrogens is 336 g/mol. The Kier molecular flexibility index (Phi) is 5.17. The predicted octanol–water partition coefficient (Wildman–Crippen LogP) is 3.24. The molecule has 1 aromatic carbocycles. The minimum Gasteiger partial charge on any atom is -0.489 e. The van der Waals surface area contributed by atoms with Gasteiger partial charge in [-0.05, 0) is 44.2 Å². The number of carbonyl (C=O) groups excluding carboxylic acids is 2. The minimum atomic E-state index is -0.590. The maximum atomic E-state index is 12.1. The second-order valence-corrected chi connectivity index (χ2v) is 5.70. The Bertz CT molecular complexity index is 892. The molecule has 0 saturated carbocycles. The first-order valence-corrected chi connectivity index (χ1v) is 8.03. The summed E-state index contributed by atoms with van der Waals surface area (Å²) in [6.07, 6.45) is 1.63. The molecule has 7 heteroatoms. The summed E-state index contributed by atoms with van der Waals surface area (Å²) in [6, 6.07) is 9.92. The molecule has 2 aromatic heterocycles. The van der Waals surface area contributed by atoms with Gasteiger partial charge < -0.3 is 19.0 Å². The number of aromatic amines is 1. The zero-order valence-electron chi connectivity index (χ0n) is 14.4. The Hall–Kier alpha value is -3.35. The molecular formula is C19H18N2O5. The molecule has 0 bridgehead atoms. The van der Waals surface area contributed by atoms with Crippen molar-refractivity contribution in [2.24, 2.45) is 0 Å². The molecule has 0 atom stereocenters. The first-order valence-electron chi connectivity index (χ1n) is 8.03. The van der Waals surface area contributed by atoms with Gasteiger partial charge in [0.05, 0.1) is 22.5 Å². The fourth-order valence-electron chi connectivity index (χ4n) is 2.37. The van der Waals surface area contributed by atoms with Gasteiger partial charge in [0, 0.05) is 6.20 Å². The van der Waals surface area contributed by atoms with Crippen molar-refractivity contribution in [3.8, 4) is 5.75 Å². The number of aromatic nitrogens is 2. The van der Waals surface area contributed by atoms with Crippen LogP contribution in [-0.4, -0.2) is 28.5 Å². The van der Waals surface area contributed by atoms with Crippen molar-refractivity contribution in [1.82, 2.24) is 10.1 Å². The van der Waals surface area contributed by atoms with Crippen LogP contribution in [-0.2, 0) is 11.3 Å². The van der Waals surface area contributed by atoms with Crippen molar-refractivity contribution >= 4 is 11.8 Å². The zero-order valence-corrected chi connectivity index (χ0v) is 14.4. The number of nitrogens with one attached hydrogen (secondary N) is 1. The number of ether oxygens (including phenoxy) is 2.